The van der Waals surface area contributed by atoms with Crippen molar-refractivity contribution in [1.82, 2.24) is 4.90 Å². The predicted molar refractivity (Wildman–Crippen MR) is 93.3 cm³/mol. The maximum Gasteiger partial charge on any atom is 0.225 e. The van der Waals surface area contributed by atoms with Gasteiger partial charge in [-0.3, -0.25) is 4.79 Å². The molecule has 0 bridgehead atoms. The minimum Gasteiger partial charge on any atom is -0.368 e. The third kappa shape index (κ3) is 4.02. The van der Waals surface area contributed by atoms with Crippen LogP contribution in [-0.4, -0.2) is 37.0 Å². The summed E-state index contributed by atoms with van der Waals surface area (Å²) in [7, 11) is 0. The summed E-state index contributed by atoms with van der Waals surface area (Å²) in [6.07, 6.45) is 4.35. The summed E-state index contributed by atoms with van der Waals surface area (Å²) in [5.41, 5.74) is 2.63. The number of piperazine rings is 1. The smallest absolute Gasteiger partial charge is 0.225 e. The first-order chi connectivity index (χ1) is 10.7. The molecule has 1 atom stereocenters. The molecule has 2 rings (SSSR count). The van der Waals surface area contributed by atoms with Gasteiger partial charge in [0.1, 0.15) is 0 Å². The van der Waals surface area contributed by atoms with E-state index >= 15 is 0 Å². The zero-order chi connectivity index (χ0) is 15.9. The van der Waals surface area contributed by atoms with E-state index in [9.17, 15) is 4.79 Å². The number of aryl methyl sites for hydroxylation is 1. The third-order valence-electron chi connectivity index (χ3n) is 4.80. The van der Waals surface area contributed by atoms with Gasteiger partial charge >= 0.3 is 0 Å². The second kappa shape index (κ2) is 8.21. The van der Waals surface area contributed by atoms with E-state index in [-0.39, 0.29) is 5.92 Å². The number of hydrogen-bond acceptors (Lipinski definition) is 2. The second-order valence-corrected chi connectivity index (χ2v) is 6.35. The molecule has 1 amide bonds. The van der Waals surface area contributed by atoms with Crippen molar-refractivity contribution >= 4 is 11.6 Å². The molecular weight excluding hydrogens is 272 g/mol. The van der Waals surface area contributed by atoms with E-state index in [1.54, 1.807) is 0 Å². The molecule has 1 fully saturated rings. The number of rotatable bonds is 6. The van der Waals surface area contributed by atoms with Crippen LogP contribution in [-0.2, 0) is 4.79 Å². The van der Waals surface area contributed by atoms with E-state index in [0.29, 0.717) is 5.91 Å². The number of carbonyl (C=O) groups is 1. The van der Waals surface area contributed by atoms with Gasteiger partial charge < -0.3 is 9.80 Å². The fraction of sp³-hybridized carbons (Fsp3) is 0.632. The highest BCUT2D eigenvalue weighted by atomic mass is 16.2. The Kier molecular flexibility index (Phi) is 6.29. The van der Waals surface area contributed by atoms with E-state index in [1.165, 1.54) is 17.7 Å². The Labute approximate surface area is 135 Å². The standard InChI is InChI=1S/C19H30N2O/c1-4-6-10-17(5-2)19(22)21-14-12-20(13-15-21)18-11-8-7-9-16(18)3/h7-9,11,17H,4-6,10,12-15H2,1-3H3/t17-/m1/s1. The lowest BCUT2D eigenvalue weighted by molar-refractivity contribution is -0.136. The zero-order valence-corrected chi connectivity index (χ0v) is 14.3. The Bertz CT molecular complexity index is 478. The van der Waals surface area contributed by atoms with Gasteiger partial charge in [-0.25, -0.2) is 0 Å². The van der Waals surface area contributed by atoms with Crippen molar-refractivity contribution in [3.05, 3.63) is 29.8 Å². The molecule has 1 aliphatic heterocycles. The lowest BCUT2D eigenvalue weighted by Crippen LogP contribution is -2.50. The van der Waals surface area contributed by atoms with Crippen LogP contribution in [0.5, 0.6) is 0 Å². The van der Waals surface area contributed by atoms with Crippen molar-refractivity contribution in [3.8, 4) is 0 Å². The van der Waals surface area contributed by atoms with Gasteiger partial charge in [-0.15, -0.1) is 0 Å². The largest absolute Gasteiger partial charge is 0.368 e. The average molecular weight is 302 g/mol. The molecule has 22 heavy (non-hydrogen) atoms. The fourth-order valence-corrected chi connectivity index (χ4v) is 3.30. The van der Waals surface area contributed by atoms with Crippen molar-refractivity contribution in [3.63, 3.8) is 0 Å². The Morgan fingerprint density at radius 3 is 2.41 bits per heavy atom. The first kappa shape index (κ1) is 16.9. The van der Waals surface area contributed by atoms with Crippen molar-refractivity contribution in [2.75, 3.05) is 31.1 Å². The van der Waals surface area contributed by atoms with Crippen LogP contribution < -0.4 is 4.90 Å². The second-order valence-electron chi connectivity index (χ2n) is 6.35. The molecule has 0 unspecified atom stereocenters. The lowest BCUT2D eigenvalue weighted by Gasteiger charge is -2.38. The van der Waals surface area contributed by atoms with Crippen LogP contribution in [0.15, 0.2) is 24.3 Å². The van der Waals surface area contributed by atoms with E-state index in [1.807, 2.05) is 0 Å². The molecular formula is C19H30N2O. The van der Waals surface area contributed by atoms with Gasteiger partial charge in [0.15, 0.2) is 0 Å². The van der Waals surface area contributed by atoms with Crippen molar-refractivity contribution in [2.24, 2.45) is 5.92 Å². The van der Waals surface area contributed by atoms with Gasteiger partial charge in [0.2, 0.25) is 5.91 Å². The van der Waals surface area contributed by atoms with Gasteiger partial charge in [0.25, 0.3) is 0 Å². The highest BCUT2D eigenvalue weighted by Crippen LogP contribution is 2.22. The summed E-state index contributed by atoms with van der Waals surface area (Å²) in [5.74, 6) is 0.602. The number of para-hydroxylation sites is 1. The number of hydrogen-bond donors (Lipinski definition) is 0. The predicted octanol–water partition coefficient (Wildman–Crippen LogP) is 3.86. The normalized spacial score (nSPS) is 16.7. The molecule has 1 aliphatic rings. The van der Waals surface area contributed by atoms with Crippen LogP contribution in [0, 0.1) is 12.8 Å². The number of unbranched alkanes of at least 4 members (excludes halogenated alkanes) is 1. The summed E-state index contributed by atoms with van der Waals surface area (Å²) in [4.78, 5) is 17.1. The van der Waals surface area contributed by atoms with E-state index in [0.717, 1.165) is 45.4 Å². The first-order valence-electron chi connectivity index (χ1n) is 8.76. The van der Waals surface area contributed by atoms with Gasteiger partial charge in [0.05, 0.1) is 0 Å². The van der Waals surface area contributed by atoms with Crippen molar-refractivity contribution in [1.29, 1.82) is 0 Å². The lowest BCUT2D eigenvalue weighted by atomic mass is 9.97. The first-order valence-corrected chi connectivity index (χ1v) is 8.76. The molecule has 0 saturated carbocycles. The number of benzene rings is 1. The minimum atomic E-state index is 0.227. The monoisotopic (exact) mass is 302 g/mol. The van der Waals surface area contributed by atoms with Crippen molar-refractivity contribution in [2.45, 2.75) is 46.5 Å². The van der Waals surface area contributed by atoms with Gasteiger partial charge in [-0.05, 0) is 31.4 Å². The van der Waals surface area contributed by atoms with E-state index in [2.05, 4.69) is 54.8 Å². The Morgan fingerprint density at radius 1 is 1.14 bits per heavy atom. The maximum absolute atomic E-state index is 12.7. The Hall–Kier alpha value is -1.51. The summed E-state index contributed by atoms with van der Waals surface area (Å²) in [5, 5.41) is 0. The van der Waals surface area contributed by atoms with E-state index < -0.39 is 0 Å². The van der Waals surface area contributed by atoms with Gasteiger partial charge in [0, 0.05) is 37.8 Å². The quantitative estimate of drug-likeness (QED) is 0.796. The number of carbonyl (C=O) groups excluding carboxylic acids is 1. The van der Waals surface area contributed by atoms with Crippen LogP contribution in [0.1, 0.15) is 45.1 Å². The average Bonchev–Trinajstić information content (AvgIpc) is 2.56. The molecule has 3 nitrogen and oxygen atoms in total. The molecule has 1 heterocycles. The molecule has 1 saturated heterocycles. The van der Waals surface area contributed by atoms with Crippen molar-refractivity contribution < 1.29 is 4.79 Å². The fourth-order valence-electron chi connectivity index (χ4n) is 3.30. The van der Waals surface area contributed by atoms with Gasteiger partial charge in [-0.1, -0.05) is 44.9 Å². The molecule has 1 aromatic rings. The zero-order valence-electron chi connectivity index (χ0n) is 14.3. The van der Waals surface area contributed by atoms with Crippen LogP contribution in [0.3, 0.4) is 0 Å². The van der Waals surface area contributed by atoms with Gasteiger partial charge in [-0.2, -0.15) is 0 Å². The maximum atomic E-state index is 12.7. The minimum absolute atomic E-state index is 0.227. The Morgan fingerprint density at radius 2 is 1.82 bits per heavy atom. The molecule has 0 N–H and O–H groups in total. The van der Waals surface area contributed by atoms with Crippen LogP contribution in [0.25, 0.3) is 0 Å². The molecule has 3 heteroatoms. The summed E-state index contributed by atoms with van der Waals surface area (Å²) in [6.45, 7) is 10.1. The summed E-state index contributed by atoms with van der Waals surface area (Å²) >= 11 is 0. The highest BCUT2D eigenvalue weighted by Gasteiger charge is 2.26. The molecule has 0 aromatic heterocycles. The van der Waals surface area contributed by atoms with Crippen LogP contribution >= 0.6 is 0 Å². The number of nitrogens with zero attached hydrogens (tertiary/aromatic N) is 2. The molecule has 0 radical (unpaired) electrons. The molecule has 0 aliphatic carbocycles. The van der Waals surface area contributed by atoms with Crippen LogP contribution in [0.2, 0.25) is 0 Å². The molecule has 122 valence electrons. The van der Waals surface area contributed by atoms with Crippen LogP contribution in [0.4, 0.5) is 5.69 Å². The topological polar surface area (TPSA) is 23.6 Å². The summed E-state index contributed by atoms with van der Waals surface area (Å²) in [6, 6.07) is 8.52. The SMILES string of the molecule is CCCC[C@@H](CC)C(=O)N1CCN(c2ccccc2C)CC1. The molecule has 1 aromatic carbocycles. The van der Waals surface area contributed by atoms with E-state index in [4.69, 9.17) is 0 Å². The Balaban J connectivity index is 1.91. The number of amides is 1. The highest BCUT2D eigenvalue weighted by molar-refractivity contribution is 5.79. The number of anilines is 1. The third-order valence-corrected chi connectivity index (χ3v) is 4.80. The molecule has 0 spiro atoms. The summed E-state index contributed by atoms with van der Waals surface area (Å²) < 4.78 is 0.